The third-order valence-electron chi connectivity index (χ3n) is 3.57. The minimum absolute atomic E-state index is 0.0422. The number of ether oxygens (including phenoxy) is 1. The predicted octanol–water partition coefficient (Wildman–Crippen LogP) is 1.61. The molecule has 1 N–H and O–H groups in total. The van der Waals surface area contributed by atoms with Gasteiger partial charge in [0.25, 0.3) is 11.6 Å². The highest BCUT2D eigenvalue weighted by Gasteiger charge is 2.33. The molecule has 1 aliphatic heterocycles. The summed E-state index contributed by atoms with van der Waals surface area (Å²) >= 11 is 0. The molecule has 0 unspecified atom stereocenters. The molecule has 2 aromatic heterocycles. The Labute approximate surface area is 116 Å². The van der Waals surface area contributed by atoms with Crippen molar-refractivity contribution in [2.75, 3.05) is 19.8 Å². The Hall–Kier alpha value is -1.95. The Morgan fingerprint density at radius 1 is 1.45 bits per heavy atom. The van der Waals surface area contributed by atoms with Crippen LogP contribution in [0, 0.1) is 19.3 Å². The van der Waals surface area contributed by atoms with Gasteiger partial charge in [0.1, 0.15) is 0 Å². The number of amides is 1. The molecule has 106 valence electrons. The van der Waals surface area contributed by atoms with Crippen molar-refractivity contribution in [1.82, 2.24) is 15.5 Å². The summed E-state index contributed by atoms with van der Waals surface area (Å²) in [7, 11) is 0. The summed E-state index contributed by atoms with van der Waals surface area (Å²) in [5, 5.41) is 7.52. The standard InChI is InChI=1S/C14H17N3O3/c1-8-4-10(11-9(2)17-20-13(11)16-8)12(18)15-5-14(3)6-19-7-14/h4H,5-7H2,1-3H3,(H,15,18). The number of aromatic nitrogens is 2. The zero-order chi connectivity index (χ0) is 14.3. The van der Waals surface area contributed by atoms with Crippen LogP contribution in [-0.4, -0.2) is 35.8 Å². The van der Waals surface area contributed by atoms with E-state index in [2.05, 4.69) is 22.4 Å². The van der Waals surface area contributed by atoms with E-state index in [0.29, 0.717) is 42.1 Å². The van der Waals surface area contributed by atoms with E-state index in [-0.39, 0.29) is 11.3 Å². The average Bonchev–Trinajstić information content (AvgIpc) is 2.74. The normalized spacial score (nSPS) is 16.9. The fourth-order valence-corrected chi connectivity index (χ4v) is 2.34. The molecule has 3 rings (SSSR count). The number of fused-ring (bicyclic) bond motifs is 1. The molecule has 0 radical (unpaired) electrons. The quantitative estimate of drug-likeness (QED) is 0.920. The SMILES string of the molecule is Cc1cc(C(=O)NCC2(C)COC2)c2c(C)noc2n1. The Bertz CT molecular complexity index is 674. The van der Waals surface area contributed by atoms with Gasteiger partial charge in [-0.2, -0.15) is 0 Å². The highest BCUT2D eigenvalue weighted by molar-refractivity contribution is 6.06. The van der Waals surface area contributed by atoms with Gasteiger partial charge >= 0.3 is 0 Å². The molecule has 0 aliphatic carbocycles. The molecule has 2 aromatic rings. The zero-order valence-corrected chi connectivity index (χ0v) is 11.8. The number of pyridine rings is 1. The highest BCUT2D eigenvalue weighted by atomic mass is 16.5. The number of hydrogen-bond acceptors (Lipinski definition) is 5. The molecule has 6 nitrogen and oxygen atoms in total. The molecule has 1 saturated heterocycles. The number of hydrogen-bond donors (Lipinski definition) is 1. The maximum Gasteiger partial charge on any atom is 0.258 e. The number of rotatable bonds is 3. The van der Waals surface area contributed by atoms with Gasteiger partial charge in [-0.3, -0.25) is 4.79 Å². The molecule has 0 aromatic carbocycles. The van der Waals surface area contributed by atoms with E-state index in [1.807, 2.05) is 6.92 Å². The molecule has 3 heterocycles. The van der Waals surface area contributed by atoms with Crippen molar-refractivity contribution in [1.29, 1.82) is 0 Å². The Morgan fingerprint density at radius 2 is 2.20 bits per heavy atom. The number of aryl methyl sites for hydroxylation is 2. The number of carbonyl (C=O) groups excluding carboxylic acids is 1. The van der Waals surface area contributed by atoms with Gasteiger partial charge in [0, 0.05) is 17.7 Å². The molecular formula is C14H17N3O3. The van der Waals surface area contributed by atoms with Crippen molar-refractivity contribution >= 4 is 17.0 Å². The van der Waals surface area contributed by atoms with Gasteiger partial charge in [0.15, 0.2) is 0 Å². The minimum atomic E-state index is -0.125. The summed E-state index contributed by atoms with van der Waals surface area (Å²) in [5.74, 6) is -0.125. The van der Waals surface area contributed by atoms with Crippen LogP contribution in [0.15, 0.2) is 10.6 Å². The Morgan fingerprint density at radius 3 is 2.85 bits per heavy atom. The van der Waals surface area contributed by atoms with E-state index in [0.717, 1.165) is 5.69 Å². The summed E-state index contributed by atoms with van der Waals surface area (Å²) in [4.78, 5) is 16.6. The lowest BCUT2D eigenvalue weighted by atomic mass is 9.88. The van der Waals surface area contributed by atoms with Crippen LogP contribution in [0.3, 0.4) is 0 Å². The van der Waals surface area contributed by atoms with Crippen LogP contribution in [0.1, 0.15) is 28.7 Å². The van der Waals surface area contributed by atoms with Crippen molar-refractivity contribution in [3.8, 4) is 0 Å². The Balaban J connectivity index is 1.88. The van der Waals surface area contributed by atoms with Crippen molar-refractivity contribution in [2.24, 2.45) is 5.41 Å². The molecule has 0 atom stereocenters. The van der Waals surface area contributed by atoms with E-state index in [1.54, 1.807) is 13.0 Å². The van der Waals surface area contributed by atoms with Crippen LogP contribution in [0.5, 0.6) is 0 Å². The lowest BCUT2D eigenvalue weighted by Gasteiger charge is -2.38. The second kappa shape index (κ2) is 4.56. The van der Waals surface area contributed by atoms with Crippen LogP contribution < -0.4 is 5.32 Å². The summed E-state index contributed by atoms with van der Waals surface area (Å²) in [6.07, 6.45) is 0. The van der Waals surface area contributed by atoms with Crippen LogP contribution in [0.25, 0.3) is 11.1 Å². The first-order valence-electron chi connectivity index (χ1n) is 6.58. The number of carbonyl (C=O) groups is 1. The summed E-state index contributed by atoms with van der Waals surface area (Å²) in [6, 6.07) is 1.77. The van der Waals surface area contributed by atoms with Gasteiger partial charge < -0.3 is 14.6 Å². The average molecular weight is 275 g/mol. The van der Waals surface area contributed by atoms with Crippen molar-refractivity contribution in [3.63, 3.8) is 0 Å². The second-order valence-electron chi connectivity index (χ2n) is 5.75. The highest BCUT2D eigenvalue weighted by Crippen LogP contribution is 2.26. The summed E-state index contributed by atoms with van der Waals surface area (Å²) in [6.45, 7) is 7.69. The van der Waals surface area contributed by atoms with E-state index >= 15 is 0 Å². The lowest BCUT2D eigenvalue weighted by molar-refractivity contribution is -0.0978. The molecule has 6 heteroatoms. The Kier molecular flexibility index (Phi) is 2.97. The van der Waals surface area contributed by atoms with Crippen molar-refractivity contribution in [2.45, 2.75) is 20.8 Å². The monoisotopic (exact) mass is 275 g/mol. The fourth-order valence-electron chi connectivity index (χ4n) is 2.34. The minimum Gasteiger partial charge on any atom is -0.380 e. The molecule has 0 bridgehead atoms. The maximum absolute atomic E-state index is 12.4. The van der Waals surface area contributed by atoms with Gasteiger partial charge in [0.2, 0.25) is 0 Å². The van der Waals surface area contributed by atoms with Crippen LogP contribution in [-0.2, 0) is 4.74 Å². The smallest absolute Gasteiger partial charge is 0.258 e. The topological polar surface area (TPSA) is 77.2 Å². The van der Waals surface area contributed by atoms with Crippen LogP contribution in [0.2, 0.25) is 0 Å². The first kappa shape index (κ1) is 13.1. The van der Waals surface area contributed by atoms with Gasteiger partial charge in [-0.05, 0) is 19.9 Å². The van der Waals surface area contributed by atoms with Crippen LogP contribution in [0.4, 0.5) is 0 Å². The summed E-state index contributed by atoms with van der Waals surface area (Å²) < 4.78 is 10.3. The number of nitrogens with one attached hydrogen (secondary N) is 1. The zero-order valence-electron chi connectivity index (χ0n) is 11.8. The third kappa shape index (κ3) is 2.16. The van der Waals surface area contributed by atoms with E-state index in [4.69, 9.17) is 9.26 Å². The maximum atomic E-state index is 12.4. The van der Waals surface area contributed by atoms with Gasteiger partial charge in [-0.15, -0.1) is 0 Å². The molecule has 1 amide bonds. The molecule has 0 saturated carbocycles. The molecule has 20 heavy (non-hydrogen) atoms. The molecule has 1 fully saturated rings. The van der Waals surface area contributed by atoms with Crippen molar-refractivity contribution in [3.05, 3.63) is 23.0 Å². The largest absolute Gasteiger partial charge is 0.380 e. The first-order chi connectivity index (χ1) is 9.48. The van der Waals surface area contributed by atoms with Crippen LogP contribution >= 0.6 is 0 Å². The number of nitrogens with zero attached hydrogens (tertiary/aromatic N) is 2. The van der Waals surface area contributed by atoms with Crippen molar-refractivity contribution < 1.29 is 14.1 Å². The molecule has 0 spiro atoms. The van der Waals surface area contributed by atoms with E-state index in [1.165, 1.54) is 0 Å². The molecule has 1 aliphatic rings. The third-order valence-corrected chi connectivity index (χ3v) is 3.57. The van der Waals surface area contributed by atoms with E-state index < -0.39 is 0 Å². The van der Waals surface area contributed by atoms with Gasteiger partial charge in [0.05, 0.1) is 29.9 Å². The lowest BCUT2D eigenvalue weighted by Crippen LogP contribution is -2.48. The van der Waals surface area contributed by atoms with Gasteiger partial charge in [-0.1, -0.05) is 12.1 Å². The first-order valence-corrected chi connectivity index (χ1v) is 6.58. The van der Waals surface area contributed by atoms with E-state index in [9.17, 15) is 4.79 Å². The summed E-state index contributed by atoms with van der Waals surface area (Å²) in [5.41, 5.74) is 2.43. The van der Waals surface area contributed by atoms with Gasteiger partial charge in [-0.25, -0.2) is 4.98 Å². The molecular weight excluding hydrogens is 258 g/mol. The predicted molar refractivity (Wildman–Crippen MR) is 72.5 cm³/mol. The fraction of sp³-hybridized carbons (Fsp3) is 0.500. The second-order valence-corrected chi connectivity index (χ2v) is 5.75.